The molecule has 0 radical (unpaired) electrons. The lowest BCUT2D eigenvalue weighted by atomic mass is 10.1. The minimum Gasteiger partial charge on any atom is -0.461 e. The molecule has 9 heteroatoms. The summed E-state index contributed by atoms with van der Waals surface area (Å²) in [6.07, 6.45) is 1.03. The second-order valence-electron chi connectivity index (χ2n) is 8.87. The third-order valence-electron chi connectivity index (χ3n) is 6.24. The average molecular weight is 543 g/mol. The van der Waals surface area contributed by atoms with Crippen molar-refractivity contribution >= 4 is 45.3 Å². The highest BCUT2D eigenvalue weighted by Crippen LogP contribution is 2.28. The van der Waals surface area contributed by atoms with Crippen LogP contribution < -0.4 is 10.9 Å². The third-order valence-corrected chi connectivity index (χ3v) is 6.62. The van der Waals surface area contributed by atoms with Gasteiger partial charge in [-0.05, 0) is 17.2 Å². The number of rotatable bonds is 8. The Labute approximate surface area is 227 Å². The maximum atomic E-state index is 12.8. The number of hydrogen-bond acceptors (Lipinski definition) is 6. The van der Waals surface area contributed by atoms with Crippen molar-refractivity contribution in [1.29, 1.82) is 0 Å². The standard InChI is InChI=1S/C30H23ClN2O6/c31-26-27-20(24(34)16-22(32-27)29(36)38-13-11-18-7-3-1-4-8-18)15-21-25(35)17-23(33-28(21)26)30(37)39-14-12-19-9-5-2-6-10-19/h1-10,15-17H,11-14H2,(H,32,34)(H,33,35). The number of aromatic nitrogens is 2. The minimum absolute atomic E-state index is 0.0189. The van der Waals surface area contributed by atoms with Crippen LogP contribution in [0.15, 0.2) is 88.5 Å². The molecule has 0 amide bonds. The molecular weight excluding hydrogens is 520 g/mol. The third kappa shape index (κ3) is 5.76. The Kier molecular flexibility index (Phi) is 7.56. The van der Waals surface area contributed by atoms with Gasteiger partial charge in [-0.3, -0.25) is 9.59 Å². The molecule has 0 aliphatic heterocycles. The first kappa shape index (κ1) is 25.9. The van der Waals surface area contributed by atoms with Crippen LogP contribution in [-0.2, 0) is 22.3 Å². The van der Waals surface area contributed by atoms with Crippen molar-refractivity contribution in [3.05, 3.63) is 127 Å². The number of aromatic amines is 2. The molecule has 0 saturated carbocycles. The molecule has 2 N–H and O–H groups in total. The average Bonchev–Trinajstić information content (AvgIpc) is 2.95. The van der Waals surface area contributed by atoms with E-state index in [0.29, 0.717) is 12.8 Å². The largest absolute Gasteiger partial charge is 0.461 e. The number of carbonyl (C=O) groups is 2. The van der Waals surface area contributed by atoms with E-state index in [0.717, 1.165) is 23.3 Å². The number of fused-ring (bicyclic) bond motifs is 2. The molecule has 8 nitrogen and oxygen atoms in total. The van der Waals surface area contributed by atoms with Crippen LogP contribution in [-0.4, -0.2) is 35.1 Å². The number of ether oxygens (including phenoxy) is 2. The summed E-state index contributed by atoms with van der Waals surface area (Å²) < 4.78 is 10.7. The smallest absolute Gasteiger partial charge is 0.354 e. The summed E-state index contributed by atoms with van der Waals surface area (Å²) in [5.74, 6) is -1.43. The highest BCUT2D eigenvalue weighted by molar-refractivity contribution is 6.40. The van der Waals surface area contributed by atoms with Crippen LogP contribution in [0.25, 0.3) is 21.8 Å². The van der Waals surface area contributed by atoms with Crippen molar-refractivity contribution in [3.8, 4) is 0 Å². The monoisotopic (exact) mass is 542 g/mol. The van der Waals surface area contributed by atoms with Gasteiger partial charge in [0.1, 0.15) is 11.4 Å². The molecule has 0 saturated heterocycles. The number of esters is 2. The number of carbonyl (C=O) groups excluding carboxylic acids is 2. The van der Waals surface area contributed by atoms with Gasteiger partial charge in [0.05, 0.1) is 29.3 Å². The predicted octanol–water partition coefficient (Wildman–Crippen LogP) is 4.82. The molecule has 5 aromatic rings. The molecule has 0 aliphatic rings. The van der Waals surface area contributed by atoms with Gasteiger partial charge in [0.25, 0.3) is 0 Å². The van der Waals surface area contributed by atoms with Crippen LogP contribution in [0.1, 0.15) is 32.1 Å². The summed E-state index contributed by atoms with van der Waals surface area (Å²) in [5, 5.41) is 0.226. The zero-order chi connectivity index (χ0) is 27.4. The van der Waals surface area contributed by atoms with E-state index in [4.69, 9.17) is 21.1 Å². The van der Waals surface area contributed by atoms with Gasteiger partial charge < -0.3 is 19.4 Å². The summed E-state index contributed by atoms with van der Waals surface area (Å²) in [6.45, 7) is 0.245. The maximum Gasteiger partial charge on any atom is 0.354 e. The molecule has 0 fully saturated rings. The number of H-pyrrole nitrogens is 2. The fourth-order valence-electron chi connectivity index (χ4n) is 4.23. The van der Waals surface area contributed by atoms with Gasteiger partial charge in [-0.1, -0.05) is 72.3 Å². The first-order valence-electron chi connectivity index (χ1n) is 12.3. The quantitative estimate of drug-likeness (QED) is 0.214. The van der Waals surface area contributed by atoms with Crippen molar-refractivity contribution in [2.75, 3.05) is 13.2 Å². The Balaban J connectivity index is 1.40. The molecule has 0 unspecified atom stereocenters. The number of nitrogens with one attached hydrogen (secondary N) is 2. The zero-order valence-electron chi connectivity index (χ0n) is 20.7. The first-order valence-corrected chi connectivity index (χ1v) is 12.6. The van der Waals surface area contributed by atoms with Gasteiger partial charge >= 0.3 is 11.9 Å². The first-order chi connectivity index (χ1) is 18.9. The Morgan fingerprint density at radius 1 is 0.641 bits per heavy atom. The van der Waals surface area contributed by atoms with Crippen molar-refractivity contribution in [2.45, 2.75) is 12.8 Å². The van der Waals surface area contributed by atoms with E-state index < -0.39 is 22.8 Å². The topological polar surface area (TPSA) is 118 Å². The SMILES string of the molecule is O=C(OCCc1ccccc1)c1cc(=O)c2cc3c(=O)cc(C(=O)OCCc4ccccc4)[nH]c3c(Cl)c2[nH]1. The predicted molar refractivity (Wildman–Crippen MR) is 149 cm³/mol. The molecule has 0 spiro atoms. The van der Waals surface area contributed by atoms with Crippen molar-refractivity contribution in [3.63, 3.8) is 0 Å². The second-order valence-corrected chi connectivity index (χ2v) is 9.25. The summed E-state index contributed by atoms with van der Waals surface area (Å²) >= 11 is 6.60. The van der Waals surface area contributed by atoms with Gasteiger partial charge in [0, 0.05) is 35.7 Å². The lowest BCUT2D eigenvalue weighted by molar-refractivity contribution is 0.0493. The van der Waals surface area contributed by atoms with Crippen LogP contribution >= 0.6 is 11.6 Å². The van der Waals surface area contributed by atoms with E-state index in [1.807, 2.05) is 60.7 Å². The van der Waals surface area contributed by atoms with Crippen molar-refractivity contribution in [1.82, 2.24) is 9.97 Å². The molecule has 5 rings (SSSR count). The molecule has 0 atom stereocenters. The van der Waals surface area contributed by atoms with Crippen molar-refractivity contribution < 1.29 is 19.1 Å². The van der Waals surface area contributed by atoms with Gasteiger partial charge in [0.15, 0.2) is 10.9 Å². The Morgan fingerprint density at radius 3 is 1.46 bits per heavy atom. The molecule has 0 bridgehead atoms. The van der Waals surface area contributed by atoms with Crippen LogP contribution in [0.5, 0.6) is 0 Å². The highest BCUT2D eigenvalue weighted by atomic mass is 35.5. The van der Waals surface area contributed by atoms with Gasteiger partial charge in [-0.15, -0.1) is 0 Å². The summed E-state index contributed by atoms with van der Waals surface area (Å²) in [7, 11) is 0. The van der Waals surface area contributed by atoms with E-state index in [-0.39, 0.29) is 51.4 Å². The Hall–Kier alpha value is -4.69. The van der Waals surface area contributed by atoms with E-state index in [9.17, 15) is 19.2 Å². The van der Waals surface area contributed by atoms with Gasteiger partial charge in [-0.2, -0.15) is 0 Å². The summed E-state index contributed by atoms with van der Waals surface area (Å²) in [5.41, 5.74) is 1.10. The summed E-state index contributed by atoms with van der Waals surface area (Å²) in [6, 6.07) is 22.7. The Bertz CT molecular complexity index is 1670. The van der Waals surface area contributed by atoms with E-state index in [1.54, 1.807) is 0 Å². The molecular formula is C30H23ClN2O6. The molecule has 2 aromatic heterocycles. The van der Waals surface area contributed by atoms with E-state index in [1.165, 1.54) is 6.07 Å². The number of hydrogen-bond donors (Lipinski definition) is 2. The minimum atomic E-state index is -0.717. The lowest BCUT2D eigenvalue weighted by Gasteiger charge is -2.10. The molecule has 39 heavy (non-hydrogen) atoms. The van der Waals surface area contributed by atoms with Crippen LogP contribution in [0.2, 0.25) is 5.02 Å². The number of benzene rings is 3. The van der Waals surface area contributed by atoms with Crippen LogP contribution in [0.4, 0.5) is 0 Å². The van der Waals surface area contributed by atoms with E-state index >= 15 is 0 Å². The van der Waals surface area contributed by atoms with E-state index in [2.05, 4.69) is 9.97 Å². The van der Waals surface area contributed by atoms with Crippen LogP contribution in [0, 0.1) is 0 Å². The fourth-order valence-corrected chi connectivity index (χ4v) is 4.53. The Morgan fingerprint density at radius 2 is 1.05 bits per heavy atom. The second kappa shape index (κ2) is 11.4. The molecule has 196 valence electrons. The molecule has 0 aliphatic carbocycles. The van der Waals surface area contributed by atoms with Gasteiger partial charge in [-0.25, -0.2) is 9.59 Å². The summed E-state index contributed by atoms with van der Waals surface area (Å²) in [4.78, 5) is 56.7. The number of halogens is 1. The fraction of sp³-hybridized carbons (Fsp3) is 0.133. The van der Waals surface area contributed by atoms with Crippen molar-refractivity contribution in [2.24, 2.45) is 0 Å². The maximum absolute atomic E-state index is 12.8. The lowest BCUT2D eigenvalue weighted by Crippen LogP contribution is -2.16. The number of pyridine rings is 2. The van der Waals surface area contributed by atoms with Crippen LogP contribution in [0.3, 0.4) is 0 Å². The highest BCUT2D eigenvalue weighted by Gasteiger charge is 2.18. The zero-order valence-corrected chi connectivity index (χ0v) is 21.4. The normalized spacial score (nSPS) is 11.0. The molecule has 3 aromatic carbocycles. The van der Waals surface area contributed by atoms with Gasteiger partial charge in [0.2, 0.25) is 0 Å². The molecule has 2 heterocycles.